The molecule has 0 bridgehead atoms. The standard InChI is InChI=1S/C24H27N5O2S/c1-15(2)28-12-10-17(14-28)23-22(19-7-5-6-11-25-19)27-24(32)29(23)18-8-9-21(31-4)20(13-18)26-16(3)30/h5-15,22-23H,1-4H3,(H,26,30)(H,27,32)/t22-,23-/m1/s1. The fourth-order valence-electron chi connectivity index (χ4n) is 4.03. The summed E-state index contributed by atoms with van der Waals surface area (Å²) in [5, 5.41) is 6.91. The lowest BCUT2D eigenvalue weighted by molar-refractivity contribution is -0.114. The molecule has 0 radical (unpaired) electrons. The van der Waals surface area contributed by atoms with E-state index in [-0.39, 0.29) is 18.0 Å². The molecule has 166 valence electrons. The van der Waals surface area contributed by atoms with Crippen molar-refractivity contribution in [2.24, 2.45) is 0 Å². The third-order valence-electron chi connectivity index (χ3n) is 5.55. The van der Waals surface area contributed by atoms with E-state index < -0.39 is 0 Å². The number of carbonyl (C=O) groups is 1. The number of anilines is 2. The Morgan fingerprint density at radius 3 is 2.69 bits per heavy atom. The van der Waals surface area contributed by atoms with Crippen LogP contribution in [-0.2, 0) is 4.79 Å². The number of aromatic nitrogens is 2. The molecule has 3 heterocycles. The lowest BCUT2D eigenvalue weighted by atomic mass is 9.98. The van der Waals surface area contributed by atoms with Crippen LogP contribution in [0.3, 0.4) is 0 Å². The summed E-state index contributed by atoms with van der Waals surface area (Å²) < 4.78 is 7.61. The van der Waals surface area contributed by atoms with E-state index in [1.165, 1.54) is 6.92 Å². The van der Waals surface area contributed by atoms with E-state index in [0.717, 1.165) is 16.9 Å². The first-order valence-corrected chi connectivity index (χ1v) is 10.9. The van der Waals surface area contributed by atoms with Crippen molar-refractivity contribution in [3.05, 3.63) is 72.3 Å². The van der Waals surface area contributed by atoms with Gasteiger partial charge in [0.25, 0.3) is 0 Å². The van der Waals surface area contributed by atoms with Gasteiger partial charge in [-0.05, 0) is 68.0 Å². The number of thiocarbonyl (C=S) groups is 1. The number of benzene rings is 1. The molecule has 2 atom stereocenters. The van der Waals surface area contributed by atoms with E-state index in [1.807, 2.05) is 36.4 Å². The van der Waals surface area contributed by atoms with E-state index in [1.54, 1.807) is 13.3 Å². The highest BCUT2D eigenvalue weighted by Gasteiger charge is 2.41. The van der Waals surface area contributed by atoms with Gasteiger partial charge in [-0.2, -0.15) is 0 Å². The second kappa shape index (κ2) is 9.00. The summed E-state index contributed by atoms with van der Waals surface area (Å²) in [5.41, 5.74) is 3.49. The summed E-state index contributed by atoms with van der Waals surface area (Å²) in [6, 6.07) is 13.8. The maximum absolute atomic E-state index is 11.7. The molecule has 0 spiro atoms. The molecule has 1 fully saturated rings. The number of nitrogens with one attached hydrogen (secondary N) is 2. The quantitative estimate of drug-likeness (QED) is 0.536. The summed E-state index contributed by atoms with van der Waals surface area (Å²) in [4.78, 5) is 18.4. The van der Waals surface area contributed by atoms with E-state index in [0.29, 0.717) is 22.6 Å². The summed E-state index contributed by atoms with van der Waals surface area (Å²) in [7, 11) is 1.58. The van der Waals surface area contributed by atoms with Crippen LogP contribution >= 0.6 is 12.2 Å². The molecule has 7 nitrogen and oxygen atoms in total. The molecule has 1 aromatic carbocycles. The number of methoxy groups -OCH3 is 1. The van der Waals surface area contributed by atoms with Crippen LogP contribution in [0.25, 0.3) is 0 Å². The molecule has 1 aliphatic rings. The molecule has 4 rings (SSSR count). The Hall–Kier alpha value is -3.39. The van der Waals surface area contributed by atoms with Gasteiger partial charge in [-0.15, -0.1) is 0 Å². The molecule has 1 aliphatic heterocycles. The lowest BCUT2D eigenvalue weighted by Crippen LogP contribution is -2.29. The number of carbonyl (C=O) groups excluding carboxylic acids is 1. The van der Waals surface area contributed by atoms with Gasteiger partial charge in [0.15, 0.2) is 5.11 Å². The Morgan fingerprint density at radius 2 is 2.06 bits per heavy atom. The van der Waals surface area contributed by atoms with Gasteiger partial charge in [-0.25, -0.2) is 0 Å². The zero-order valence-corrected chi connectivity index (χ0v) is 19.4. The minimum Gasteiger partial charge on any atom is -0.495 e. The predicted octanol–water partition coefficient (Wildman–Crippen LogP) is 4.61. The van der Waals surface area contributed by atoms with Crippen molar-refractivity contribution < 1.29 is 9.53 Å². The van der Waals surface area contributed by atoms with Crippen LogP contribution in [0, 0.1) is 0 Å². The third kappa shape index (κ3) is 4.18. The van der Waals surface area contributed by atoms with Crippen LogP contribution in [0.4, 0.5) is 11.4 Å². The Morgan fingerprint density at radius 1 is 1.25 bits per heavy atom. The minimum absolute atomic E-state index is 0.115. The molecule has 0 unspecified atom stereocenters. The van der Waals surface area contributed by atoms with Gasteiger partial charge in [0, 0.05) is 37.2 Å². The summed E-state index contributed by atoms with van der Waals surface area (Å²) in [5.74, 6) is 0.422. The molecule has 2 N–H and O–H groups in total. The van der Waals surface area contributed by atoms with Crippen molar-refractivity contribution in [2.45, 2.75) is 38.9 Å². The van der Waals surface area contributed by atoms with Crippen LogP contribution in [0.2, 0.25) is 0 Å². The maximum Gasteiger partial charge on any atom is 0.221 e. The number of hydrogen-bond acceptors (Lipinski definition) is 4. The Bertz CT molecular complexity index is 1130. The van der Waals surface area contributed by atoms with Crippen LogP contribution < -0.4 is 20.3 Å². The lowest BCUT2D eigenvalue weighted by Gasteiger charge is -2.28. The number of nitrogens with zero attached hydrogens (tertiary/aromatic N) is 3. The molecule has 1 amide bonds. The van der Waals surface area contributed by atoms with E-state index in [9.17, 15) is 4.79 Å². The fourth-order valence-corrected chi connectivity index (χ4v) is 4.38. The van der Waals surface area contributed by atoms with Gasteiger partial charge in [0.2, 0.25) is 5.91 Å². The van der Waals surface area contributed by atoms with Crippen molar-refractivity contribution in [3.8, 4) is 5.75 Å². The Balaban J connectivity index is 1.82. The maximum atomic E-state index is 11.7. The first-order valence-electron chi connectivity index (χ1n) is 10.5. The molecular formula is C24H27N5O2S. The highest BCUT2D eigenvalue weighted by molar-refractivity contribution is 7.80. The minimum atomic E-state index is -0.167. The second-order valence-corrected chi connectivity index (χ2v) is 8.43. The van der Waals surface area contributed by atoms with E-state index in [4.69, 9.17) is 17.0 Å². The average Bonchev–Trinajstić information content (AvgIpc) is 3.38. The predicted molar refractivity (Wildman–Crippen MR) is 130 cm³/mol. The molecule has 8 heteroatoms. The van der Waals surface area contributed by atoms with Gasteiger partial charge in [0.05, 0.1) is 30.6 Å². The number of pyridine rings is 1. The van der Waals surface area contributed by atoms with Gasteiger partial charge in [-0.1, -0.05) is 6.07 Å². The molecular weight excluding hydrogens is 422 g/mol. The van der Waals surface area contributed by atoms with Crippen molar-refractivity contribution in [1.82, 2.24) is 14.9 Å². The molecule has 0 saturated carbocycles. The Labute approximate surface area is 193 Å². The number of amides is 1. The molecule has 32 heavy (non-hydrogen) atoms. The van der Waals surface area contributed by atoms with Crippen molar-refractivity contribution in [2.75, 3.05) is 17.3 Å². The third-order valence-corrected chi connectivity index (χ3v) is 5.86. The second-order valence-electron chi connectivity index (χ2n) is 8.05. The average molecular weight is 450 g/mol. The van der Waals surface area contributed by atoms with Crippen molar-refractivity contribution >= 4 is 34.6 Å². The smallest absolute Gasteiger partial charge is 0.221 e. The van der Waals surface area contributed by atoms with Gasteiger partial charge >= 0.3 is 0 Å². The van der Waals surface area contributed by atoms with Crippen molar-refractivity contribution in [1.29, 1.82) is 0 Å². The highest BCUT2D eigenvalue weighted by atomic mass is 32.1. The van der Waals surface area contributed by atoms with Gasteiger partial charge in [0.1, 0.15) is 5.75 Å². The number of ether oxygens (including phenoxy) is 1. The zero-order chi connectivity index (χ0) is 22.8. The summed E-state index contributed by atoms with van der Waals surface area (Å²) in [6.45, 7) is 5.78. The van der Waals surface area contributed by atoms with Crippen LogP contribution in [0.15, 0.2) is 61.1 Å². The largest absolute Gasteiger partial charge is 0.495 e. The van der Waals surface area contributed by atoms with Crippen LogP contribution in [0.1, 0.15) is 50.2 Å². The van der Waals surface area contributed by atoms with Crippen LogP contribution in [0.5, 0.6) is 5.75 Å². The first kappa shape index (κ1) is 21.8. The number of hydrogen-bond donors (Lipinski definition) is 2. The van der Waals surface area contributed by atoms with Crippen molar-refractivity contribution in [3.63, 3.8) is 0 Å². The van der Waals surface area contributed by atoms with E-state index >= 15 is 0 Å². The SMILES string of the molecule is COc1ccc(N2C(=S)N[C@H](c3ccccn3)[C@H]2c2ccn(C(C)C)c2)cc1NC(C)=O. The first-order chi connectivity index (χ1) is 15.4. The van der Waals surface area contributed by atoms with Gasteiger partial charge in [-0.3, -0.25) is 9.78 Å². The molecule has 0 aliphatic carbocycles. The van der Waals surface area contributed by atoms with E-state index in [2.05, 4.69) is 57.4 Å². The fraction of sp³-hybridized carbons (Fsp3) is 0.292. The highest BCUT2D eigenvalue weighted by Crippen LogP contribution is 2.43. The topological polar surface area (TPSA) is 71.4 Å². The van der Waals surface area contributed by atoms with Crippen LogP contribution in [-0.4, -0.2) is 27.7 Å². The molecule has 2 aromatic heterocycles. The zero-order valence-electron chi connectivity index (χ0n) is 18.6. The normalized spacial score (nSPS) is 18.0. The molecule has 3 aromatic rings. The summed E-state index contributed by atoms with van der Waals surface area (Å²) in [6.07, 6.45) is 6.04. The number of rotatable bonds is 6. The Kier molecular flexibility index (Phi) is 6.14. The van der Waals surface area contributed by atoms with Gasteiger partial charge < -0.3 is 24.8 Å². The molecule has 1 saturated heterocycles. The monoisotopic (exact) mass is 449 g/mol. The summed E-state index contributed by atoms with van der Waals surface area (Å²) >= 11 is 5.79.